The van der Waals surface area contributed by atoms with Crippen molar-refractivity contribution in [2.45, 2.75) is 6.92 Å². The SMILES string of the molecule is CCOC(=O)c1cc(OC)c2c(c1)OCO2. The first-order valence-electron chi connectivity index (χ1n) is 4.91. The second-order valence-electron chi connectivity index (χ2n) is 3.13. The number of methoxy groups -OCH3 is 1. The van der Waals surface area contributed by atoms with Gasteiger partial charge < -0.3 is 18.9 Å². The van der Waals surface area contributed by atoms with Crippen LogP contribution >= 0.6 is 0 Å². The normalized spacial score (nSPS) is 12.4. The van der Waals surface area contributed by atoms with Crippen molar-refractivity contribution in [3.63, 3.8) is 0 Å². The van der Waals surface area contributed by atoms with Gasteiger partial charge in [0, 0.05) is 0 Å². The smallest absolute Gasteiger partial charge is 0.338 e. The molecule has 86 valence electrons. The van der Waals surface area contributed by atoms with E-state index in [4.69, 9.17) is 18.9 Å². The van der Waals surface area contributed by atoms with Crippen molar-refractivity contribution in [3.05, 3.63) is 17.7 Å². The quantitative estimate of drug-likeness (QED) is 0.730. The van der Waals surface area contributed by atoms with E-state index in [2.05, 4.69) is 0 Å². The zero-order valence-electron chi connectivity index (χ0n) is 9.11. The van der Waals surface area contributed by atoms with Crippen molar-refractivity contribution in [2.24, 2.45) is 0 Å². The molecule has 0 atom stereocenters. The van der Waals surface area contributed by atoms with Crippen molar-refractivity contribution in [3.8, 4) is 17.2 Å². The number of esters is 1. The van der Waals surface area contributed by atoms with Gasteiger partial charge >= 0.3 is 5.97 Å². The van der Waals surface area contributed by atoms with Crippen LogP contribution in [0.3, 0.4) is 0 Å². The second-order valence-corrected chi connectivity index (χ2v) is 3.13. The summed E-state index contributed by atoms with van der Waals surface area (Å²) in [7, 11) is 1.51. The van der Waals surface area contributed by atoms with Crippen molar-refractivity contribution in [1.29, 1.82) is 0 Å². The summed E-state index contributed by atoms with van der Waals surface area (Å²) in [6.45, 7) is 2.22. The largest absolute Gasteiger partial charge is 0.493 e. The lowest BCUT2D eigenvalue weighted by molar-refractivity contribution is 0.0525. The van der Waals surface area contributed by atoms with E-state index in [0.717, 1.165) is 0 Å². The first kappa shape index (κ1) is 10.6. The van der Waals surface area contributed by atoms with Crippen LogP contribution in [0.15, 0.2) is 12.1 Å². The van der Waals surface area contributed by atoms with Gasteiger partial charge in [-0.25, -0.2) is 4.79 Å². The zero-order valence-corrected chi connectivity index (χ0v) is 9.11. The summed E-state index contributed by atoms with van der Waals surface area (Å²) in [5.74, 6) is 1.09. The maximum absolute atomic E-state index is 11.5. The van der Waals surface area contributed by atoms with Crippen molar-refractivity contribution < 1.29 is 23.7 Å². The van der Waals surface area contributed by atoms with E-state index < -0.39 is 5.97 Å². The van der Waals surface area contributed by atoms with E-state index in [1.165, 1.54) is 7.11 Å². The van der Waals surface area contributed by atoms with E-state index in [0.29, 0.717) is 29.4 Å². The van der Waals surface area contributed by atoms with Crippen LogP contribution in [0.25, 0.3) is 0 Å². The summed E-state index contributed by atoms with van der Waals surface area (Å²) in [6.07, 6.45) is 0. The first-order chi connectivity index (χ1) is 7.76. The average molecular weight is 224 g/mol. The molecule has 1 aliphatic heterocycles. The van der Waals surface area contributed by atoms with Crippen LogP contribution in [0, 0.1) is 0 Å². The predicted octanol–water partition coefficient (Wildman–Crippen LogP) is 1.60. The molecular weight excluding hydrogens is 212 g/mol. The molecule has 0 bridgehead atoms. The molecule has 0 N–H and O–H groups in total. The van der Waals surface area contributed by atoms with Crippen molar-refractivity contribution in [2.75, 3.05) is 20.5 Å². The fraction of sp³-hybridized carbons (Fsp3) is 0.364. The van der Waals surface area contributed by atoms with Crippen LogP contribution in [0.4, 0.5) is 0 Å². The number of benzene rings is 1. The molecule has 5 heteroatoms. The number of hydrogen-bond donors (Lipinski definition) is 0. The molecule has 2 rings (SSSR count). The Labute approximate surface area is 92.9 Å². The van der Waals surface area contributed by atoms with Gasteiger partial charge in [0.1, 0.15) is 0 Å². The Hall–Kier alpha value is -1.91. The summed E-state index contributed by atoms with van der Waals surface area (Å²) in [4.78, 5) is 11.5. The third kappa shape index (κ3) is 1.76. The molecule has 0 amide bonds. The third-order valence-corrected chi connectivity index (χ3v) is 2.17. The fourth-order valence-electron chi connectivity index (χ4n) is 1.46. The summed E-state index contributed by atoms with van der Waals surface area (Å²) >= 11 is 0. The van der Waals surface area contributed by atoms with E-state index >= 15 is 0 Å². The molecule has 0 unspecified atom stereocenters. The number of rotatable bonds is 3. The van der Waals surface area contributed by atoms with Gasteiger partial charge in [-0.2, -0.15) is 0 Å². The van der Waals surface area contributed by atoms with Crippen LogP contribution in [0.1, 0.15) is 17.3 Å². The molecule has 0 spiro atoms. The topological polar surface area (TPSA) is 54.0 Å². The monoisotopic (exact) mass is 224 g/mol. The Morgan fingerprint density at radius 2 is 2.25 bits per heavy atom. The highest BCUT2D eigenvalue weighted by Gasteiger charge is 2.22. The predicted molar refractivity (Wildman–Crippen MR) is 55.1 cm³/mol. The molecule has 0 aromatic heterocycles. The lowest BCUT2D eigenvalue weighted by Crippen LogP contribution is -2.04. The molecule has 1 aliphatic rings. The van der Waals surface area contributed by atoms with Crippen LogP contribution in [0.5, 0.6) is 17.2 Å². The zero-order chi connectivity index (χ0) is 11.5. The Morgan fingerprint density at radius 1 is 1.44 bits per heavy atom. The van der Waals surface area contributed by atoms with Gasteiger partial charge in [-0.15, -0.1) is 0 Å². The maximum atomic E-state index is 11.5. The van der Waals surface area contributed by atoms with E-state index in [1.54, 1.807) is 19.1 Å². The number of carbonyl (C=O) groups is 1. The maximum Gasteiger partial charge on any atom is 0.338 e. The van der Waals surface area contributed by atoms with Crippen LogP contribution in [-0.4, -0.2) is 26.5 Å². The molecule has 16 heavy (non-hydrogen) atoms. The van der Waals surface area contributed by atoms with E-state index in [9.17, 15) is 4.79 Å². The third-order valence-electron chi connectivity index (χ3n) is 2.17. The second kappa shape index (κ2) is 4.30. The number of fused-ring (bicyclic) bond motifs is 1. The highest BCUT2D eigenvalue weighted by Crippen LogP contribution is 2.41. The summed E-state index contributed by atoms with van der Waals surface area (Å²) < 4.78 is 20.4. The molecule has 1 aromatic carbocycles. The molecule has 1 heterocycles. The van der Waals surface area contributed by atoms with E-state index in [-0.39, 0.29) is 6.79 Å². The summed E-state index contributed by atoms with van der Waals surface area (Å²) in [6, 6.07) is 3.16. The highest BCUT2D eigenvalue weighted by atomic mass is 16.7. The molecular formula is C11H12O5. The Morgan fingerprint density at radius 3 is 2.94 bits per heavy atom. The minimum Gasteiger partial charge on any atom is -0.493 e. The van der Waals surface area contributed by atoms with Crippen LogP contribution in [0.2, 0.25) is 0 Å². The molecule has 0 fully saturated rings. The van der Waals surface area contributed by atoms with Gasteiger partial charge in [-0.1, -0.05) is 0 Å². The van der Waals surface area contributed by atoms with Gasteiger partial charge in [-0.05, 0) is 19.1 Å². The lowest BCUT2D eigenvalue weighted by Gasteiger charge is -2.07. The summed E-state index contributed by atoms with van der Waals surface area (Å²) in [5.41, 5.74) is 0.392. The van der Waals surface area contributed by atoms with Crippen LogP contribution < -0.4 is 14.2 Å². The molecule has 0 radical (unpaired) electrons. The average Bonchev–Trinajstić information content (AvgIpc) is 2.75. The first-order valence-corrected chi connectivity index (χ1v) is 4.91. The van der Waals surface area contributed by atoms with Crippen molar-refractivity contribution in [1.82, 2.24) is 0 Å². The standard InChI is InChI=1S/C11H12O5/c1-3-14-11(12)7-4-8(13-2)10-9(5-7)15-6-16-10/h4-5H,3,6H2,1-2H3. The van der Waals surface area contributed by atoms with Crippen LogP contribution in [-0.2, 0) is 4.74 Å². The number of carbonyl (C=O) groups excluding carboxylic acids is 1. The van der Waals surface area contributed by atoms with Gasteiger partial charge in [0.15, 0.2) is 11.5 Å². The van der Waals surface area contributed by atoms with Gasteiger partial charge in [0.2, 0.25) is 12.5 Å². The molecule has 1 aromatic rings. The minimum atomic E-state index is -0.404. The molecule has 0 saturated heterocycles. The number of ether oxygens (including phenoxy) is 4. The van der Waals surface area contributed by atoms with Gasteiger partial charge in [0.05, 0.1) is 19.3 Å². The van der Waals surface area contributed by atoms with E-state index in [1.807, 2.05) is 0 Å². The Bertz CT molecular complexity index is 413. The molecule has 5 nitrogen and oxygen atoms in total. The lowest BCUT2D eigenvalue weighted by atomic mass is 10.2. The highest BCUT2D eigenvalue weighted by molar-refractivity contribution is 5.91. The van der Waals surface area contributed by atoms with Gasteiger partial charge in [-0.3, -0.25) is 0 Å². The fourth-order valence-corrected chi connectivity index (χ4v) is 1.46. The Kier molecular flexibility index (Phi) is 2.85. The Balaban J connectivity index is 2.38. The summed E-state index contributed by atoms with van der Waals surface area (Å²) in [5, 5.41) is 0. The number of hydrogen-bond acceptors (Lipinski definition) is 5. The van der Waals surface area contributed by atoms with Gasteiger partial charge in [0.25, 0.3) is 0 Å². The molecule has 0 aliphatic carbocycles. The van der Waals surface area contributed by atoms with Crippen molar-refractivity contribution >= 4 is 5.97 Å². The minimum absolute atomic E-state index is 0.137. The molecule has 0 saturated carbocycles.